The molecule has 0 unspecified atom stereocenters. The van der Waals surface area contributed by atoms with Gasteiger partial charge in [-0.1, -0.05) is 13.3 Å². The molecule has 0 aromatic carbocycles. The fourth-order valence-corrected chi connectivity index (χ4v) is 1.52. The lowest BCUT2D eigenvalue weighted by Crippen LogP contribution is -2.35. The van der Waals surface area contributed by atoms with Gasteiger partial charge in [-0.3, -0.25) is 4.79 Å². The van der Waals surface area contributed by atoms with Crippen LogP contribution in [0.3, 0.4) is 0 Å². The molecule has 0 radical (unpaired) electrons. The third-order valence-electron chi connectivity index (χ3n) is 2.28. The van der Waals surface area contributed by atoms with Gasteiger partial charge in [0.2, 0.25) is 0 Å². The lowest BCUT2D eigenvalue weighted by atomic mass is 9.99. The lowest BCUT2D eigenvalue weighted by Gasteiger charge is -2.22. The third-order valence-corrected chi connectivity index (χ3v) is 2.28. The number of nitrogens with one attached hydrogen (secondary N) is 1. The second kappa shape index (κ2) is 4.50. The van der Waals surface area contributed by atoms with Gasteiger partial charge in [-0.25, -0.2) is 0 Å². The van der Waals surface area contributed by atoms with Crippen LogP contribution in [0.25, 0.3) is 0 Å². The van der Waals surface area contributed by atoms with E-state index in [0.29, 0.717) is 18.2 Å². The van der Waals surface area contributed by atoms with Gasteiger partial charge >= 0.3 is 0 Å². The zero-order valence-electron chi connectivity index (χ0n) is 7.23. The fraction of sp³-hybridized carbons (Fsp3) is 0.889. The van der Waals surface area contributed by atoms with Crippen LogP contribution in [0.4, 0.5) is 0 Å². The predicted molar refractivity (Wildman–Crippen MR) is 45.6 cm³/mol. The van der Waals surface area contributed by atoms with Crippen LogP contribution in [0.2, 0.25) is 0 Å². The normalized spacial score (nSPS) is 25.0. The van der Waals surface area contributed by atoms with Crippen molar-refractivity contribution in [2.24, 2.45) is 0 Å². The van der Waals surface area contributed by atoms with Crippen molar-refractivity contribution < 1.29 is 4.79 Å². The van der Waals surface area contributed by atoms with Crippen molar-refractivity contribution in [1.82, 2.24) is 5.32 Å². The van der Waals surface area contributed by atoms with Gasteiger partial charge in [-0.2, -0.15) is 0 Å². The Kier molecular flexibility index (Phi) is 3.57. The molecule has 0 aromatic rings. The van der Waals surface area contributed by atoms with E-state index in [-0.39, 0.29) is 0 Å². The summed E-state index contributed by atoms with van der Waals surface area (Å²) < 4.78 is 0. The standard InChI is InChI=1S/C9H17NO/c1-2-9(11)7-8-5-3-4-6-10-8/h8,10H,2-7H2,1H3/t8-/m0/s1. The summed E-state index contributed by atoms with van der Waals surface area (Å²) in [6.45, 7) is 3.03. The van der Waals surface area contributed by atoms with Crippen molar-refractivity contribution in [2.45, 2.75) is 45.1 Å². The summed E-state index contributed by atoms with van der Waals surface area (Å²) in [6, 6.07) is 0.483. The first-order valence-electron chi connectivity index (χ1n) is 4.58. The van der Waals surface area contributed by atoms with E-state index < -0.39 is 0 Å². The highest BCUT2D eigenvalue weighted by atomic mass is 16.1. The van der Waals surface area contributed by atoms with Gasteiger partial charge in [-0.15, -0.1) is 0 Å². The van der Waals surface area contributed by atoms with E-state index in [0.717, 1.165) is 13.0 Å². The van der Waals surface area contributed by atoms with Crippen molar-refractivity contribution in [3.05, 3.63) is 0 Å². The summed E-state index contributed by atoms with van der Waals surface area (Å²) in [4.78, 5) is 11.0. The van der Waals surface area contributed by atoms with E-state index in [1.54, 1.807) is 0 Å². The Hall–Kier alpha value is -0.370. The average molecular weight is 155 g/mol. The van der Waals surface area contributed by atoms with Crippen LogP contribution in [-0.2, 0) is 4.79 Å². The topological polar surface area (TPSA) is 29.1 Å². The third kappa shape index (κ3) is 3.02. The van der Waals surface area contributed by atoms with Crippen LogP contribution in [-0.4, -0.2) is 18.4 Å². The average Bonchev–Trinajstić information content (AvgIpc) is 2.06. The maximum absolute atomic E-state index is 11.0. The Labute approximate surface area is 68.4 Å². The molecule has 0 aliphatic carbocycles. The molecule has 2 nitrogen and oxygen atoms in total. The van der Waals surface area contributed by atoms with Crippen LogP contribution in [0.1, 0.15) is 39.0 Å². The number of piperidine rings is 1. The van der Waals surface area contributed by atoms with Gasteiger partial charge in [0.05, 0.1) is 0 Å². The van der Waals surface area contributed by atoms with Crippen LogP contribution >= 0.6 is 0 Å². The molecule has 11 heavy (non-hydrogen) atoms. The van der Waals surface area contributed by atoms with Gasteiger partial charge in [0, 0.05) is 18.9 Å². The Morgan fingerprint density at radius 2 is 2.36 bits per heavy atom. The van der Waals surface area contributed by atoms with E-state index in [1.165, 1.54) is 19.3 Å². The molecule has 64 valence electrons. The molecule has 0 aromatic heterocycles. The highest BCUT2D eigenvalue weighted by molar-refractivity contribution is 5.78. The van der Waals surface area contributed by atoms with Crippen LogP contribution in [0.5, 0.6) is 0 Å². The van der Waals surface area contributed by atoms with Gasteiger partial charge in [-0.05, 0) is 19.4 Å². The van der Waals surface area contributed by atoms with E-state index >= 15 is 0 Å². The van der Waals surface area contributed by atoms with Crippen molar-refractivity contribution in [2.75, 3.05) is 6.54 Å². The summed E-state index contributed by atoms with van der Waals surface area (Å²) in [7, 11) is 0. The van der Waals surface area contributed by atoms with Gasteiger partial charge < -0.3 is 5.32 Å². The van der Waals surface area contributed by atoms with Crippen molar-refractivity contribution in [1.29, 1.82) is 0 Å². The number of Topliss-reactive ketones (excluding diaryl/α,β-unsaturated/α-hetero) is 1. The summed E-state index contributed by atoms with van der Waals surface area (Å²) in [5, 5.41) is 3.36. The second-order valence-electron chi connectivity index (χ2n) is 3.24. The van der Waals surface area contributed by atoms with Crippen molar-refractivity contribution >= 4 is 5.78 Å². The van der Waals surface area contributed by atoms with Crippen LogP contribution in [0, 0.1) is 0 Å². The molecule has 0 amide bonds. The smallest absolute Gasteiger partial charge is 0.134 e. The predicted octanol–water partition coefficient (Wildman–Crippen LogP) is 1.50. The molecular weight excluding hydrogens is 138 g/mol. The number of carbonyl (C=O) groups excluding carboxylic acids is 1. The second-order valence-corrected chi connectivity index (χ2v) is 3.24. The zero-order chi connectivity index (χ0) is 8.10. The molecule has 1 rings (SSSR count). The summed E-state index contributed by atoms with van der Waals surface area (Å²) in [5.41, 5.74) is 0. The molecule has 0 spiro atoms. The number of hydrogen-bond donors (Lipinski definition) is 1. The number of rotatable bonds is 3. The minimum absolute atomic E-state index is 0.393. The molecule has 1 aliphatic rings. The number of ketones is 1. The maximum Gasteiger partial charge on any atom is 0.134 e. The zero-order valence-corrected chi connectivity index (χ0v) is 7.23. The van der Waals surface area contributed by atoms with Crippen LogP contribution in [0.15, 0.2) is 0 Å². The summed E-state index contributed by atoms with van der Waals surface area (Å²) >= 11 is 0. The highest BCUT2D eigenvalue weighted by Gasteiger charge is 2.14. The van der Waals surface area contributed by atoms with E-state index in [9.17, 15) is 4.79 Å². The van der Waals surface area contributed by atoms with Crippen molar-refractivity contribution in [3.8, 4) is 0 Å². The number of carbonyl (C=O) groups is 1. The van der Waals surface area contributed by atoms with E-state index in [1.807, 2.05) is 6.92 Å². The fourth-order valence-electron chi connectivity index (χ4n) is 1.52. The molecule has 1 fully saturated rings. The summed E-state index contributed by atoms with van der Waals surface area (Å²) in [5.74, 6) is 0.393. The van der Waals surface area contributed by atoms with Crippen LogP contribution < -0.4 is 5.32 Å². The Morgan fingerprint density at radius 3 is 2.91 bits per heavy atom. The molecule has 1 heterocycles. The molecule has 0 bridgehead atoms. The minimum atomic E-state index is 0.393. The van der Waals surface area contributed by atoms with Crippen molar-refractivity contribution in [3.63, 3.8) is 0 Å². The van der Waals surface area contributed by atoms with E-state index in [2.05, 4.69) is 5.32 Å². The molecule has 2 heteroatoms. The summed E-state index contributed by atoms with van der Waals surface area (Å²) in [6.07, 6.45) is 5.19. The first kappa shape index (κ1) is 8.72. The van der Waals surface area contributed by atoms with Gasteiger partial charge in [0.1, 0.15) is 5.78 Å². The largest absolute Gasteiger partial charge is 0.314 e. The monoisotopic (exact) mass is 155 g/mol. The Balaban J connectivity index is 2.19. The molecule has 1 N–H and O–H groups in total. The van der Waals surface area contributed by atoms with E-state index in [4.69, 9.17) is 0 Å². The SMILES string of the molecule is CCC(=O)C[C@@H]1CCCCN1. The molecule has 1 atom stereocenters. The lowest BCUT2D eigenvalue weighted by molar-refractivity contribution is -0.119. The van der Waals surface area contributed by atoms with Gasteiger partial charge in [0.25, 0.3) is 0 Å². The molecule has 1 saturated heterocycles. The minimum Gasteiger partial charge on any atom is -0.314 e. The first-order chi connectivity index (χ1) is 5.33. The first-order valence-corrected chi connectivity index (χ1v) is 4.58. The molecule has 0 saturated carbocycles. The quantitative estimate of drug-likeness (QED) is 0.669. The Bertz CT molecular complexity index is 128. The number of hydrogen-bond acceptors (Lipinski definition) is 2. The molecular formula is C9H17NO. The Morgan fingerprint density at radius 1 is 1.55 bits per heavy atom. The molecule has 1 aliphatic heterocycles. The maximum atomic E-state index is 11.0. The van der Waals surface area contributed by atoms with Gasteiger partial charge in [0.15, 0.2) is 0 Å². The highest BCUT2D eigenvalue weighted by Crippen LogP contribution is 2.10.